The number of hydrogen-bond acceptors (Lipinski definition) is 3. The highest BCUT2D eigenvalue weighted by atomic mass is 32.1. The summed E-state index contributed by atoms with van der Waals surface area (Å²) in [6.07, 6.45) is 2.27. The fourth-order valence-electron chi connectivity index (χ4n) is 2.12. The van der Waals surface area contributed by atoms with Gasteiger partial charge < -0.3 is 10.1 Å². The highest BCUT2D eigenvalue weighted by Gasteiger charge is 2.21. The fraction of sp³-hybridized carbons (Fsp3) is 0.667. The molecule has 0 radical (unpaired) electrons. The second-order valence-corrected chi connectivity index (χ2v) is 5.44. The topological polar surface area (TPSA) is 21.3 Å². The van der Waals surface area contributed by atoms with Gasteiger partial charge in [-0.05, 0) is 31.8 Å². The molecule has 0 unspecified atom stereocenters. The van der Waals surface area contributed by atoms with Gasteiger partial charge in [-0.25, -0.2) is 0 Å². The number of ether oxygens (including phenoxy) is 1. The third-order valence-corrected chi connectivity index (χ3v) is 4.45. The summed E-state index contributed by atoms with van der Waals surface area (Å²) in [5.41, 5.74) is 1.45. The first-order valence-corrected chi connectivity index (χ1v) is 6.44. The molecule has 2 nitrogen and oxygen atoms in total. The Labute approximate surface area is 95.6 Å². The Hall–Kier alpha value is -0.540. The first kappa shape index (κ1) is 11.0. The molecule has 2 rings (SSSR count). The summed E-state index contributed by atoms with van der Waals surface area (Å²) in [6, 6.07) is 0. The van der Waals surface area contributed by atoms with Gasteiger partial charge >= 0.3 is 0 Å². The Morgan fingerprint density at radius 3 is 2.67 bits per heavy atom. The molecule has 0 atom stereocenters. The van der Waals surface area contributed by atoms with Crippen LogP contribution in [0.25, 0.3) is 0 Å². The van der Waals surface area contributed by atoms with Crippen LogP contribution < -0.4 is 10.1 Å². The van der Waals surface area contributed by atoms with Crippen molar-refractivity contribution in [3.8, 4) is 5.75 Å². The van der Waals surface area contributed by atoms with Crippen molar-refractivity contribution in [2.24, 2.45) is 0 Å². The molecule has 2 heterocycles. The number of rotatable bonds is 2. The van der Waals surface area contributed by atoms with Crippen LogP contribution in [-0.4, -0.2) is 20.2 Å². The van der Waals surface area contributed by atoms with Gasteiger partial charge in [0.15, 0.2) is 0 Å². The van der Waals surface area contributed by atoms with Crippen LogP contribution in [0, 0.1) is 0 Å². The zero-order chi connectivity index (χ0) is 10.8. The van der Waals surface area contributed by atoms with Gasteiger partial charge in [0, 0.05) is 15.3 Å². The molecule has 0 aromatic carbocycles. The van der Waals surface area contributed by atoms with Crippen molar-refractivity contribution in [2.75, 3.05) is 20.2 Å². The van der Waals surface area contributed by atoms with Gasteiger partial charge in [-0.15, -0.1) is 11.3 Å². The van der Waals surface area contributed by atoms with E-state index in [1.54, 1.807) is 7.11 Å². The normalized spacial score (nSPS) is 16.3. The second kappa shape index (κ2) is 4.54. The quantitative estimate of drug-likeness (QED) is 0.835. The van der Waals surface area contributed by atoms with Crippen LogP contribution in [0.4, 0.5) is 0 Å². The molecular weight excluding hydrogens is 206 g/mol. The van der Waals surface area contributed by atoms with E-state index in [4.69, 9.17) is 4.74 Å². The number of nitrogens with one attached hydrogen (secondary N) is 1. The lowest BCUT2D eigenvalue weighted by Crippen LogP contribution is -2.16. The molecule has 1 N–H and O–H groups in total. The Morgan fingerprint density at radius 2 is 2.00 bits per heavy atom. The van der Waals surface area contributed by atoms with Crippen LogP contribution >= 0.6 is 11.3 Å². The third-order valence-electron chi connectivity index (χ3n) is 2.88. The fourth-order valence-corrected chi connectivity index (χ4v) is 3.44. The average Bonchev–Trinajstić information content (AvgIpc) is 2.40. The van der Waals surface area contributed by atoms with Crippen molar-refractivity contribution in [1.82, 2.24) is 5.32 Å². The van der Waals surface area contributed by atoms with E-state index in [0.29, 0.717) is 5.92 Å². The lowest BCUT2D eigenvalue weighted by atomic mass is 10.1. The van der Waals surface area contributed by atoms with E-state index in [2.05, 4.69) is 19.2 Å². The maximum atomic E-state index is 5.58. The zero-order valence-corrected chi connectivity index (χ0v) is 10.5. The lowest BCUT2D eigenvalue weighted by molar-refractivity contribution is 0.405. The molecule has 0 spiro atoms. The van der Waals surface area contributed by atoms with E-state index in [1.165, 1.54) is 15.3 Å². The molecule has 1 aromatic heterocycles. The molecule has 15 heavy (non-hydrogen) atoms. The Bertz CT molecular complexity index is 344. The van der Waals surface area contributed by atoms with E-state index in [0.717, 1.165) is 31.7 Å². The van der Waals surface area contributed by atoms with Gasteiger partial charge in [0.2, 0.25) is 0 Å². The summed E-state index contributed by atoms with van der Waals surface area (Å²) in [4.78, 5) is 2.95. The van der Waals surface area contributed by atoms with Crippen LogP contribution in [0.1, 0.15) is 35.1 Å². The number of hydrogen-bond donors (Lipinski definition) is 1. The average molecular weight is 225 g/mol. The molecule has 0 amide bonds. The van der Waals surface area contributed by atoms with E-state index in [9.17, 15) is 0 Å². The zero-order valence-electron chi connectivity index (χ0n) is 9.72. The van der Waals surface area contributed by atoms with Gasteiger partial charge in [-0.3, -0.25) is 0 Å². The molecule has 0 aliphatic carbocycles. The van der Waals surface area contributed by atoms with Crippen molar-refractivity contribution in [3.63, 3.8) is 0 Å². The van der Waals surface area contributed by atoms with E-state index >= 15 is 0 Å². The molecular formula is C12H19NOS. The van der Waals surface area contributed by atoms with Crippen molar-refractivity contribution in [3.05, 3.63) is 15.3 Å². The highest BCUT2D eigenvalue weighted by molar-refractivity contribution is 7.12. The van der Waals surface area contributed by atoms with Crippen molar-refractivity contribution < 1.29 is 4.74 Å². The summed E-state index contributed by atoms with van der Waals surface area (Å²) in [5.74, 6) is 1.73. The van der Waals surface area contributed by atoms with Crippen LogP contribution in [0.5, 0.6) is 5.75 Å². The van der Waals surface area contributed by atoms with Gasteiger partial charge in [0.05, 0.1) is 7.11 Å². The summed E-state index contributed by atoms with van der Waals surface area (Å²) >= 11 is 1.94. The highest BCUT2D eigenvalue weighted by Crippen LogP contribution is 2.40. The summed E-state index contributed by atoms with van der Waals surface area (Å²) in [7, 11) is 1.80. The van der Waals surface area contributed by atoms with E-state index in [1.807, 2.05) is 11.3 Å². The van der Waals surface area contributed by atoms with Crippen molar-refractivity contribution in [2.45, 2.75) is 32.6 Å². The van der Waals surface area contributed by atoms with Gasteiger partial charge in [0.1, 0.15) is 5.75 Å². The van der Waals surface area contributed by atoms with Gasteiger partial charge in [-0.1, -0.05) is 13.8 Å². The molecule has 1 aromatic rings. The van der Waals surface area contributed by atoms with Gasteiger partial charge in [0.25, 0.3) is 0 Å². The largest absolute Gasteiger partial charge is 0.495 e. The predicted molar refractivity (Wildman–Crippen MR) is 65.2 cm³/mol. The standard InChI is InChI=1S/C12H19NOS/c1-8(2)12-11(14-3)9-4-6-13-7-5-10(9)15-12/h8,13H,4-7H2,1-3H3. The summed E-state index contributed by atoms with van der Waals surface area (Å²) in [6.45, 7) is 6.67. The number of thiophene rings is 1. The Balaban J connectivity index is 2.43. The van der Waals surface area contributed by atoms with E-state index < -0.39 is 0 Å². The van der Waals surface area contributed by atoms with Crippen LogP contribution in [0.15, 0.2) is 0 Å². The van der Waals surface area contributed by atoms with Crippen LogP contribution in [-0.2, 0) is 12.8 Å². The Kier molecular flexibility index (Phi) is 3.32. The van der Waals surface area contributed by atoms with Crippen molar-refractivity contribution in [1.29, 1.82) is 0 Å². The van der Waals surface area contributed by atoms with E-state index in [-0.39, 0.29) is 0 Å². The monoisotopic (exact) mass is 225 g/mol. The molecule has 1 aliphatic heterocycles. The molecule has 0 saturated carbocycles. The number of methoxy groups -OCH3 is 1. The summed E-state index contributed by atoms with van der Waals surface area (Å²) in [5, 5.41) is 3.43. The summed E-state index contributed by atoms with van der Waals surface area (Å²) < 4.78 is 5.58. The minimum absolute atomic E-state index is 0.574. The minimum Gasteiger partial charge on any atom is -0.495 e. The van der Waals surface area contributed by atoms with Crippen LogP contribution in [0.2, 0.25) is 0 Å². The molecule has 3 heteroatoms. The third kappa shape index (κ3) is 2.04. The molecule has 0 bridgehead atoms. The molecule has 0 saturated heterocycles. The van der Waals surface area contributed by atoms with Crippen molar-refractivity contribution >= 4 is 11.3 Å². The maximum absolute atomic E-state index is 5.58. The minimum atomic E-state index is 0.574. The van der Waals surface area contributed by atoms with Crippen LogP contribution in [0.3, 0.4) is 0 Å². The van der Waals surface area contributed by atoms with Gasteiger partial charge in [-0.2, -0.15) is 0 Å². The SMILES string of the molecule is COc1c(C(C)C)sc2c1CCNCC2. The molecule has 0 fully saturated rings. The smallest absolute Gasteiger partial charge is 0.136 e. The maximum Gasteiger partial charge on any atom is 0.136 e. The lowest BCUT2D eigenvalue weighted by Gasteiger charge is -2.08. The number of fused-ring (bicyclic) bond motifs is 1. The molecule has 1 aliphatic rings. The second-order valence-electron chi connectivity index (χ2n) is 4.31. The first-order valence-electron chi connectivity index (χ1n) is 5.63. The Morgan fingerprint density at radius 1 is 1.27 bits per heavy atom. The molecule has 84 valence electrons. The predicted octanol–water partition coefficient (Wildman–Crippen LogP) is 2.57. The first-order chi connectivity index (χ1) is 7.24.